The number of hydrogen-bond acceptors (Lipinski definition) is 1. The van der Waals surface area contributed by atoms with Gasteiger partial charge in [-0.05, 0) is 50.0 Å². The number of rotatable bonds is 3. The minimum atomic E-state index is 0.786. The van der Waals surface area contributed by atoms with Crippen LogP contribution in [0.1, 0.15) is 82.1 Å². The molecule has 0 atom stereocenters. The summed E-state index contributed by atoms with van der Waals surface area (Å²) in [6.07, 6.45) is 15.6. The lowest BCUT2D eigenvalue weighted by atomic mass is 9.81. The summed E-state index contributed by atoms with van der Waals surface area (Å²) in [6.45, 7) is 0. The van der Waals surface area contributed by atoms with Gasteiger partial charge in [0.2, 0.25) is 0 Å². The molecule has 3 rings (SSSR count). The van der Waals surface area contributed by atoms with Crippen molar-refractivity contribution in [2.24, 2.45) is 0 Å². The highest BCUT2D eigenvalue weighted by Gasteiger charge is 2.24. The summed E-state index contributed by atoms with van der Waals surface area (Å²) in [4.78, 5) is 0. The van der Waals surface area contributed by atoms with Gasteiger partial charge in [-0.15, -0.1) is 0 Å². The molecule has 2 aliphatic rings. The molecule has 0 spiro atoms. The van der Waals surface area contributed by atoms with E-state index in [1.807, 2.05) is 0 Å². The van der Waals surface area contributed by atoms with Crippen molar-refractivity contribution in [3.8, 4) is 0 Å². The normalized spacial score (nSPS) is 28.8. The van der Waals surface area contributed by atoms with E-state index >= 15 is 0 Å². The molecule has 1 aromatic rings. The zero-order chi connectivity index (χ0) is 14.3. The summed E-state index contributed by atoms with van der Waals surface area (Å²) >= 11 is 0. The first-order valence-electron chi connectivity index (χ1n) is 9.23. The van der Waals surface area contributed by atoms with Crippen LogP contribution in [0.2, 0.25) is 0 Å². The Balaban J connectivity index is 1.45. The van der Waals surface area contributed by atoms with E-state index in [2.05, 4.69) is 35.6 Å². The van der Waals surface area contributed by atoms with Gasteiger partial charge < -0.3 is 5.32 Å². The van der Waals surface area contributed by atoms with Crippen molar-refractivity contribution in [2.45, 2.75) is 88.6 Å². The van der Waals surface area contributed by atoms with Gasteiger partial charge >= 0.3 is 0 Å². The summed E-state index contributed by atoms with van der Waals surface area (Å²) in [7, 11) is 0. The first-order chi connectivity index (χ1) is 10.4. The standard InChI is InChI=1S/C20H31N/c1-2-7-11-19(12-8-3-1)21-20-15-13-18(14-16-20)17-9-5-4-6-10-17/h4-6,9-10,18-21H,1-3,7-8,11-16H2. The van der Waals surface area contributed by atoms with Crippen molar-refractivity contribution in [3.05, 3.63) is 35.9 Å². The lowest BCUT2D eigenvalue weighted by Crippen LogP contribution is -2.40. The van der Waals surface area contributed by atoms with Crippen LogP contribution in [-0.4, -0.2) is 12.1 Å². The first kappa shape index (κ1) is 15.1. The molecule has 0 radical (unpaired) electrons. The van der Waals surface area contributed by atoms with E-state index in [0.717, 1.165) is 18.0 Å². The van der Waals surface area contributed by atoms with E-state index < -0.39 is 0 Å². The van der Waals surface area contributed by atoms with Crippen LogP contribution in [0.4, 0.5) is 0 Å². The third-order valence-electron chi connectivity index (χ3n) is 5.57. The fourth-order valence-electron chi connectivity index (χ4n) is 4.27. The minimum absolute atomic E-state index is 0.786. The van der Waals surface area contributed by atoms with Gasteiger partial charge in [0.05, 0.1) is 0 Å². The van der Waals surface area contributed by atoms with Crippen LogP contribution in [0.25, 0.3) is 0 Å². The molecule has 1 aromatic carbocycles. The van der Waals surface area contributed by atoms with Gasteiger partial charge in [0.25, 0.3) is 0 Å². The van der Waals surface area contributed by atoms with Crippen molar-refractivity contribution in [1.82, 2.24) is 5.32 Å². The quantitative estimate of drug-likeness (QED) is 0.782. The van der Waals surface area contributed by atoms with Crippen molar-refractivity contribution in [3.63, 3.8) is 0 Å². The summed E-state index contributed by atoms with van der Waals surface area (Å²) < 4.78 is 0. The summed E-state index contributed by atoms with van der Waals surface area (Å²) in [5, 5.41) is 4.00. The molecule has 0 aliphatic heterocycles. The SMILES string of the molecule is c1ccc(C2CCC(NC3CCCCCCC3)CC2)cc1. The third-order valence-corrected chi connectivity index (χ3v) is 5.57. The number of benzene rings is 1. The van der Waals surface area contributed by atoms with Gasteiger partial charge in [-0.25, -0.2) is 0 Å². The van der Waals surface area contributed by atoms with Gasteiger partial charge in [-0.3, -0.25) is 0 Å². The van der Waals surface area contributed by atoms with Crippen LogP contribution in [-0.2, 0) is 0 Å². The Hall–Kier alpha value is -0.820. The maximum Gasteiger partial charge on any atom is 0.00700 e. The van der Waals surface area contributed by atoms with Crippen LogP contribution >= 0.6 is 0 Å². The molecular weight excluding hydrogens is 254 g/mol. The largest absolute Gasteiger partial charge is 0.311 e. The van der Waals surface area contributed by atoms with E-state index in [1.165, 1.54) is 70.6 Å². The third kappa shape index (κ3) is 4.57. The molecule has 1 heteroatoms. The monoisotopic (exact) mass is 285 g/mol. The summed E-state index contributed by atoms with van der Waals surface area (Å²) in [5.41, 5.74) is 1.56. The van der Waals surface area contributed by atoms with Crippen LogP contribution in [0, 0.1) is 0 Å². The average molecular weight is 285 g/mol. The van der Waals surface area contributed by atoms with E-state index in [0.29, 0.717) is 0 Å². The maximum atomic E-state index is 4.00. The lowest BCUT2D eigenvalue weighted by molar-refractivity contribution is 0.286. The van der Waals surface area contributed by atoms with Gasteiger partial charge in [-0.2, -0.15) is 0 Å². The number of hydrogen-bond donors (Lipinski definition) is 1. The predicted octanol–water partition coefficient (Wildman–Crippen LogP) is 5.42. The van der Waals surface area contributed by atoms with Crippen molar-refractivity contribution < 1.29 is 0 Å². The molecule has 0 heterocycles. The highest BCUT2D eigenvalue weighted by Crippen LogP contribution is 2.33. The molecular formula is C20H31N. The molecule has 0 bridgehead atoms. The maximum absolute atomic E-state index is 4.00. The zero-order valence-corrected chi connectivity index (χ0v) is 13.4. The second kappa shape index (κ2) is 7.98. The first-order valence-corrected chi connectivity index (χ1v) is 9.23. The van der Waals surface area contributed by atoms with Crippen LogP contribution in [0.5, 0.6) is 0 Å². The van der Waals surface area contributed by atoms with Crippen molar-refractivity contribution in [2.75, 3.05) is 0 Å². The molecule has 2 fully saturated rings. The Morgan fingerprint density at radius 1 is 0.619 bits per heavy atom. The smallest absolute Gasteiger partial charge is 0.00700 e. The topological polar surface area (TPSA) is 12.0 Å². The van der Waals surface area contributed by atoms with E-state index in [9.17, 15) is 0 Å². The van der Waals surface area contributed by atoms with E-state index in [1.54, 1.807) is 5.56 Å². The predicted molar refractivity (Wildman–Crippen MR) is 90.7 cm³/mol. The highest BCUT2D eigenvalue weighted by molar-refractivity contribution is 5.20. The molecule has 1 N–H and O–H groups in total. The van der Waals surface area contributed by atoms with Gasteiger partial charge in [0.1, 0.15) is 0 Å². The molecule has 116 valence electrons. The Bertz CT molecular complexity index is 384. The molecule has 0 amide bonds. The number of nitrogens with one attached hydrogen (secondary N) is 1. The van der Waals surface area contributed by atoms with Gasteiger partial charge in [0.15, 0.2) is 0 Å². The minimum Gasteiger partial charge on any atom is -0.311 e. The van der Waals surface area contributed by atoms with Crippen molar-refractivity contribution in [1.29, 1.82) is 0 Å². The molecule has 2 saturated carbocycles. The molecule has 0 unspecified atom stereocenters. The van der Waals surface area contributed by atoms with E-state index in [-0.39, 0.29) is 0 Å². The molecule has 0 saturated heterocycles. The highest BCUT2D eigenvalue weighted by atomic mass is 14.9. The molecule has 2 aliphatic carbocycles. The lowest BCUT2D eigenvalue weighted by Gasteiger charge is -2.33. The Labute approximate surface area is 130 Å². The fourth-order valence-corrected chi connectivity index (χ4v) is 4.27. The second-order valence-corrected chi connectivity index (χ2v) is 7.17. The molecule has 1 nitrogen and oxygen atoms in total. The van der Waals surface area contributed by atoms with Crippen LogP contribution in [0.3, 0.4) is 0 Å². The summed E-state index contributed by atoms with van der Waals surface area (Å²) in [5.74, 6) is 0.807. The fraction of sp³-hybridized carbons (Fsp3) is 0.700. The second-order valence-electron chi connectivity index (χ2n) is 7.17. The summed E-state index contributed by atoms with van der Waals surface area (Å²) in [6, 6.07) is 12.7. The Morgan fingerprint density at radius 2 is 1.19 bits per heavy atom. The van der Waals surface area contributed by atoms with Gasteiger partial charge in [0, 0.05) is 12.1 Å². The van der Waals surface area contributed by atoms with Crippen LogP contribution in [0.15, 0.2) is 30.3 Å². The zero-order valence-electron chi connectivity index (χ0n) is 13.4. The van der Waals surface area contributed by atoms with E-state index in [4.69, 9.17) is 0 Å². The molecule has 0 aromatic heterocycles. The van der Waals surface area contributed by atoms with Crippen molar-refractivity contribution >= 4 is 0 Å². The van der Waals surface area contributed by atoms with Crippen LogP contribution < -0.4 is 5.32 Å². The average Bonchev–Trinajstić information content (AvgIpc) is 2.51. The Morgan fingerprint density at radius 3 is 1.86 bits per heavy atom. The molecule has 21 heavy (non-hydrogen) atoms. The Kier molecular flexibility index (Phi) is 5.74. The van der Waals surface area contributed by atoms with Gasteiger partial charge in [-0.1, -0.05) is 62.4 Å².